The lowest BCUT2D eigenvalue weighted by Crippen LogP contribution is -1.98. The van der Waals surface area contributed by atoms with E-state index >= 15 is 0 Å². The third-order valence-corrected chi connectivity index (χ3v) is 11.0. The Labute approximate surface area is 314 Å². The molecule has 12 aromatic rings. The summed E-state index contributed by atoms with van der Waals surface area (Å²) in [6.07, 6.45) is 0. The topological polar surface area (TPSA) is 57.0 Å². The summed E-state index contributed by atoms with van der Waals surface area (Å²) in [5, 5.41) is 7.79. The molecule has 4 heterocycles. The predicted octanol–water partition coefficient (Wildman–Crippen LogP) is 13.5. The summed E-state index contributed by atoms with van der Waals surface area (Å²) in [6.45, 7) is 0. The highest BCUT2D eigenvalue weighted by Gasteiger charge is 2.23. The number of fused-ring (bicyclic) bond motifs is 10. The van der Waals surface area contributed by atoms with Crippen LogP contribution in [0.4, 0.5) is 0 Å². The van der Waals surface area contributed by atoms with Gasteiger partial charge in [-0.25, -0.2) is 9.97 Å². The first-order valence-electron chi connectivity index (χ1n) is 18.5. The van der Waals surface area contributed by atoms with Crippen molar-refractivity contribution in [3.05, 3.63) is 176 Å². The Kier molecular flexibility index (Phi) is 6.27. The lowest BCUT2D eigenvalue weighted by Gasteiger charge is -2.12. The molecule has 0 atom stereocenters. The van der Waals surface area contributed by atoms with Gasteiger partial charge in [-0.3, -0.25) is 0 Å². The molecule has 12 rings (SSSR count). The van der Waals surface area contributed by atoms with Crippen molar-refractivity contribution in [1.82, 2.24) is 14.5 Å². The lowest BCUT2D eigenvalue weighted by molar-refractivity contribution is 0.666. The van der Waals surface area contributed by atoms with Crippen molar-refractivity contribution in [3.8, 4) is 39.5 Å². The zero-order valence-electron chi connectivity index (χ0n) is 29.4. The van der Waals surface area contributed by atoms with E-state index in [1.807, 2.05) is 42.5 Å². The molecule has 256 valence electrons. The summed E-state index contributed by atoms with van der Waals surface area (Å²) in [4.78, 5) is 10.7. The van der Waals surface area contributed by atoms with Crippen molar-refractivity contribution in [3.63, 3.8) is 0 Å². The van der Waals surface area contributed by atoms with Crippen LogP contribution >= 0.6 is 0 Å². The fourth-order valence-corrected chi connectivity index (χ4v) is 8.41. The molecule has 5 heteroatoms. The van der Waals surface area contributed by atoms with Gasteiger partial charge in [0.15, 0.2) is 11.4 Å². The molecule has 0 aliphatic rings. The molecule has 0 unspecified atom stereocenters. The highest BCUT2D eigenvalue weighted by molar-refractivity contribution is 6.16. The fraction of sp³-hybridized carbons (Fsp3) is 0. The van der Waals surface area contributed by atoms with Crippen LogP contribution in [-0.4, -0.2) is 14.5 Å². The molecular weight excluding hydrogens is 675 g/mol. The van der Waals surface area contributed by atoms with Crippen molar-refractivity contribution in [2.45, 2.75) is 0 Å². The van der Waals surface area contributed by atoms with E-state index in [4.69, 9.17) is 18.8 Å². The number of hydrogen-bond donors (Lipinski definition) is 0. The fourth-order valence-electron chi connectivity index (χ4n) is 8.41. The van der Waals surface area contributed by atoms with E-state index in [9.17, 15) is 0 Å². The predicted molar refractivity (Wildman–Crippen MR) is 225 cm³/mol. The van der Waals surface area contributed by atoms with Gasteiger partial charge in [0.2, 0.25) is 0 Å². The first kappa shape index (κ1) is 30.0. The van der Waals surface area contributed by atoms with Crippen LogP contribution in [-0.2, 0) is 0 Å². The molecule has 5 nitrogen and oxygen atoms in total. The molecule has 0 radical (unpaired) electrons. The van der Waals surface area contributed by atoms with Gasteiger partial charge < -0.3 is 13.4 Å². The number of furan rings is 2. The van der Waals surface area contributed by atoms with Gasteiger partial charge in [0.1, 0.15) is 28.0 Å². The average Bonchev–Trinajstić information content (AvgIpc) is 3.92. The molecule has 8 aromatic carbocycles. The maximum absolute atomic E-state index is 6.73. The van der Waals surface area contributed by atoms with Gasteiger partial charge in [0.25, 0.3) is 0 Å². The van der Waals surface area contributed by atoms with E-state index < -0.39 is 0 Å². The second-order valence-corrected chi connectivity index (χ2v) is 14.2. The highest BCUT2D eigenvalue weighted by Crippen LogP contribution is 2.43. The van der Waals surface area contributed by atoms with Gasteiger partial charge in [-0.05, 0) is 70.4 Å². The Hall–Kier alpha value is -7.50. The molecular formula is C50H29N3O2. The Balaban J connectivity index is 1.20. The van der Waals surface area contributed by atoms with Crippen LogP contribution in [0.5, 0.6) is 0 Å². The molecule has 0 aliphatic heterocycles. The number of hydrogen-bond acceptors (Lipinski definition) is 4. The van der Waals surface area contributed by atoms with Crippen LogP contribution < -0.4 is 0 Å². The normalized spacial score (nSPS) is 12.0. The maximum Gasteiger partial charge on any atom is 0.180 e. The SMILES string of the molecule is c1ccc(-c2ccc3oc4c(-c5ccccc5)nc(-c5cc(-n6c7ccccc7c7cc8ccccc8cc76)cc6c5oc5ccccc56)nc4c3c2)cc1. The minimum absolute atomic E-state index is 0.566. The molecule has 4 aromatic heterocycles. The third-order valence-electron chi connectivity index (χ3n) is 11.0. The van der Waals surface area contributed by atoms with E-state index in [1.54, 1.807) is 0 Å². The highest BCUT2D eigenvalue weighted by atomic mass is 16.3. The monoisotopic (exact) mass is 703 g/mol. The number of aromatic nitrogens is 3. The number of benzene rings is 8. The van der Waals surface area contributed by atoms with Crippen LogP contribution in [0.3, 0.4) is 0 Å². The largest absolute Gasteiger partial charge is 0.455 e. The zero-order valence-corrected chi connectivity index (χ0v) is 29.4. The minimum Gasteiger partial charge on any atom is -0.455 e. The van der Waals surface area contributed by atoms with Crippen LogP contribution in [0.25, 0.3) is 116 Å². The summed E-state index contributed by atoms with van der Waals surface area (Å²) in [6, 6.07) is 61.5. The Morgan fingerprint density at radius 3 is 1.91 bits per heavy atom. The van der Waals surface area contributed by atoms with Crippen molar-refractivity contribution >= 4 is 76.6 Å². The summed E-state index contributed by atoms with van der Waals surface area (Å²) >= 11 is 0. The Morgan fingerprint density at radius 1 is 0.400 bits per heavy atom. The van der Waals surface area contributed by atoms with E-state index in [0.717, 1.165) is 83.1 Å². The van der Waals surface area contributed by atoms with Gasteiger partial charge in [-0.2, -0.15) is 0 Å². The van der Waals surface area contributed by atoms with Crippen LogP contribution in [0.15, 0.2) is 185 Å². The molecule has 0 aliphatic carbocycles. The quantitative estimate of drug-likeness (QED) is 0.183. The second-order valence-electron chi connectivity index (χ2n) is 14.2. The van der Waals surface area contributed by atoms with Gasteiger partial charge in [0.05, 0.1) is 16.6 Å². The summed E-state index contributed by atoms with van der Waals surface area (Å²) in [5.41, 5.74) is 11.7. The van der Waals surface area contributed by atoms with Crippen molar-refractivity contribution < 1.29 is 8.83 Å². The number of rotatable bonds is 4. The number of nitrogens with zero attached hydrogens (tertiary/aromatic N) is 3. The number of para-hydroxylation sites is 2. The van der Waals surface area contributed by atoms with E-state index in [2.05, 4.69) is 138 Å². The van der Waals surface area contributed by atoms with E-state index in [1.165, 1.54) is 21.5 Å². The van der Waals surface area contributed by atoms with Gasteiger partial charge >= 0.3 is 0 Å². The summed E-state index contributed by atoms with van der Waals surface area (Å²) in [5.74, 6) is 0.566. The summed E-state index contributed by atoms with van der Waals surface area (Å²) < 4.78 is 15.7. The second kappa shape index (κ2) is 11.5. The van der Waals surface area contributed by atoms with Crippen molar-refractivity contribution in [2.24, 2.45) is 0 Å². The molecule has 0 spiro atoms. The molecule has 0 amide bonds. The third kappa shape index (κ3) is 4.53. The zero-order chi connectivity index (χ0) is 36.0. The van der Waals surface area contributed by atoms with E-state index in [-0.39, 0.29) is 0 Å². The molecule has 0 saturated carbocycles. The summed E-state index contributed by atoms with van der Waals surface area (Å²) in [7, 11) is 0. The van der Waals surface area contributed by atoms with Gasteiger partial charge in [-0.1, -0.05) is 127 Å². The smallest absolute Gasteiger partial charge is 0.180 e. The van der Waals surface area contributed by atoms with Crippen LogP contribution in [0, 0.1) is 0 Å². The van der Waals surface area contributed by atoms with Gasteiger partial charge in [0, 0.05) is 38.2 Å². The van der Waals surface area contributed by atoms with Crippen molar-refractivity contribution in [1.29, 1.82) is 0 Å². The first-order valence-corrected chi connectivity index (χ1v) is 18.5. The van der Waals surface area contributed by atoms with Crippen LogP contribution in [0.2, 0.25) is 0 Å². The Morgan fingerprint density at radius 2 is 1.07 bits per heavy atom. The molecule has 0 saturated heterocycles. The van der Waals surface area contributed by atoms with E-state index in [0.29, 0.717) is 11.4 Å². The molecule has 0 bridgehead atoms. The van der Waals surface area contributed by atoms with Crippen LogP contribution in [0.1, 0.15) is 0 Å². The molecule has 0 fully saturated rings. The molecule has 0 N–H and O–H groups in total. The average molecular weight is 704 g/mol. The minimum atomic E-state index is 0.566. The van der Waals surface area contributed by atoms with Gasteiger partial charge in [-0.15, -0.1) is 0 Å². The Bertz CT molecular complexity index is 3480. The lowest BCUT2D eigenvalue weighted by atomic mass is 10.0. The maximum atomic E-state index is 6.73. The first-order chi connectivity index (χ1) is 27.2. The standard InChI is InChI=1S/C50H29N3O2/c1-3-13-30(14-4-1)34-23-24-45-40(26-34)47-49(55-45)46(31-15-5-2-6-16-31)51-50(52-47)41-29-35(28-39-37-20-10-12-22-44(37)54-48(39)41)53-42-21-11-9-19-36(42)38-25-32-17-7-8-18-33(32)27-43(38)53/h1-29H. The molecule has 55 heavy (non-hydrogen) atoms. The van der Waals surface area contributed by atoms with Crippen molar-refractivity contribution in [2.75, 3.05) is 0 Å².